The number of piperidine rings is 1. The predicted molar refractivity (Wildman–Crippen MR) is 91.1 cm³/mol. The summed E-state index contributed by atoms with van der Waals surface area (Å²) in [6, 6.07) is 9.48. The number of fused-ring (bicyclic) bond motifs is 2. The van der Waals surface area contributed by atoms with Crippen LogP contribution in [-0.2, 0) is 4.74 Å². The smallest absolute Gasteiger partial charge is 0.166 e. The van der Waals surface area contributed by atoms with Crippen molar-refractivity contribution in [2.45, 2.75) is 37.8 Å². The van der Waals surface area contributed by atoms with Crippen LogP contribution < -0.4 is 4.90 Å². The van der Waals surface area contributed by atoms with Gasteiger partial charge < -0.3 is 14.5 Å². The summed E-state index contributed by atoms with van der Waals surface area (Å²) in [7, 11) is 2.22. The number of ketones is 1. The Morgan fingerprint density at radius 3 is 2.26 bits per heavy atom. The van der Waals surface area contributed by atoms with E-state index in [9.17, 15) is 4.79 Å². The molecule has 23 heavy (non-hydrogen) atoms. The van der Waals surface area contributed by atoms with Crippen molar-refractivity contribution in [3.8, 4) is 0 Å². The van der Waals surface area contributed by atoms with E-state index in [0.29, 0.717) is 17.9 Å². The van der Waals surface area contributed by atoms with Crippen molar-refractivity contribution < 1.29 is 9.53 Å². The van der Waals surface area contributed by atoms with Crippen LogP contribution in [0, 0.1) is 5.92 Å². The molecule has 0 N–H and O–H groups in total. The SMILES string of the molecule is CN1C2CCC1CC(C(=O)c1ccc(N3CCOCC3)cc1)C2. The lowest BCUT2D eigenvalue weighted by Gasteiger charge is -2.35. The van der Waals surface area contributed by atoms with Crippen molar-refractivity contribution >= 4 is 11.5 Å². The molecule has 3 fully saturated rings. The molecule has 2 atom stereocenters. The molecule has 0 amide bonds. The maximum atomic E-state index is 12.9. The molecule has 3 saturated heterocycles. The van der Waals surface area contributed by atoms with E-state index in [1.807, 2.05) is 12.1 Å². The fourth-order valence-electron chi connectivity index (χ4n) is 4.52. The summed E-state index contributed by atoms with van der Waals surface area (Å²) in [5.41, 5.74) is 2.09. The highest BCUT2D eigenvalue weighted by Gasteiger charge is 2.40. The molecule has 2 unspecified atom stereocenters. The van der Waals surface area contributed by atoms with E-state index in [2.05, 4.69) is 29.0 Å². The second kappa shape index (κ2) is 6.25. The van der Waals surface area contributed by atoms with Crippen molar-refractivity contribution in [1.82, 2.24) is 4.90 Å². The fraction of sp³-hybridized carbons (Fsp3) is 0.632. The van der Waals surface area contributed by atoms with Gasteiger partial charge in [-0.2, -0.15) is 0 Å². The Morgan fingerprint density at radius 2 is 1.65 bits per heavy atom. The third-order valence-corrected chi connectivity index (χ3v) is 6.00. The van der Waals surface area contributed by atoms with Gasteiger partial charge in [0.2, 0.25) is 0 Å². The number of nitrogens with zero attached hydrogens (tertiary/aromatic N) is 2. The van der Waals surface area contributed by atoms with Crippen molar-refractivity contribution in [3.63, 3.8) is 0 Å². The van der Waals surface area contributed by atoms with Crippen LogP contribution in [-0.4, -0.2) is 56.1 Å². The largest absolute Gasteiger partial charge is 0.378 e. The number of hydrogen-bond donors (Lipinski definition) is 0. The molecule has 0 aliphatic carbocycles. The molecular weight excluding hydrogens is 288 g/mol. The monoisotopic (exact) mass is 314 g/mol. The fourth-order valence-corrected chi connectivity index (χ4v) is 4.52. The lowest BCUT2D eigenvalue weighted by atomic mass is 9.85. The molecule has 3 heterocycles. The van der Waals surface area contributed by atoms with E-state index in [4.69, 9.17) is 4.74 Å². The molecule has 3 aliphatic rings. The zero-order valence-electron chi connectivity index (χ0n) is 13.9. The minimum atomic E-state index is 0.220. The third kappa shape index (κ3) is 2.90. The minimum absolute atomic E-state index is 0.220. The summed E-state index contributed by atoms with van der Waals surface area (Å²) < 4.78 is 5.40. The number of carbonyl (C=O) groups is 1. The van der Waals surface area contributed by atoms with Gasteiger partial charge in [-0.3, -0.25) is 4.79 Å². The molecule has 0 aromatic heterocycles. The summed E-state index contributed by atoms with van der Waals surface area (Å²) in [4.78, 5) is 17.7. The van der Waals surface area contributed by atoms with Crippen LogP contribution in [0.25, 0.3) is 0 Å². The number of rotatable bonds is 3. The molecule has 3 aliphatic heterocycles. The summed E-state index contributed by atoms with van der Waals surface area (Å²) in [5.74, 6) is 0.571. The van der Waals surface area contributed by atoms with Crippen LogP contribution in [0.1, 0.15) is 36.0 Å². The summed E-state index contributed by atoms with van der Waals surface area (Å²) in [6.07, 6.45) is 4.61. The highest BCUT2D eigenvalue weighted by atomic mass is 16.5. The summed E-state index contributed by atoms with van der Waals surface area (Å²) >= 11 is 0. The van der Waals surface area contributed by atoms with Gasteiger partial charge in [-0.25, -0.2) is 0 Å². The Kier molecular flexibility index (Phi) is 4.12. The van der Waals surface area contributed by atoms with Gasteiger partial charge in [-0.1, -0.05) is 0 Å². The van der Waals surface area contributed by atoms with Crippen LogP contribution in [0.3, 0.4) is 0 Å². The number of anilines is 1. The Bertz CT molecular complexity index is 551. The number of morpholine rings is 1. The Labute approximate surface area is 138 Å². The van der Waals surface area contributed by atoms with E-state index in [1.54, 1.807) is 0 Å². The van der Waals surface area contributed by atoms with Gasteiger partial charge >= 0.3 is 0 Å². The van der Waals surface area contributed by atoms with Crippen LogP contribution in [0.15, 0.2) is 24.3 Å². The van der Waals surface area contributed by atoms with Crippen LogP contribution >= 0.6 is 0 Å². The second-order valence-electron chi connectivity index (χ2n) is 7.23. The Balaban J connectivity index is 1.44. The first kappa shape index (κ1) is 15.2. The molecule has 4 nitrogen and oxygen atoms in total. The second-order valence-corrected chi connectivity index (χ2v) is 7.23. The Morgan fingerprint density at radius 1 is 1.04 bits per heavy atom. The topological polar surface area (TPSA) is 32.8 Å². The quantitative estimate of drug-likeness (QED) is 0.803. The standard InChI is InChI=1S/C19H26N2O2/c1-20-17-6-7-18(20)13-15(12-17)19(22)14-2-4-16(5-3-14)21-8-10-23-11-9-21/h2-5,15,17-18H,6-13H2,1H3. The molecule has 1 aromatic rings. The van der Waals surface area contributed by atoms with Crippen LogP contribution in [0.4, 0.5) is 5.69 Å². The van der Waals surface area contributed by atoms with Crippen LogP contribution in [0.5, 0.6) is 0 Å². The number of carbonyl (C=O) groups excluding carboxylic acids is 1. The van der Waals surface area contributed by atoms with Gasteiger partial charge in [0, 0.05) is 42.3 Å². The maximum Gasteiger partial charge on any atom is 0.166 e. The van der Waals surface area contributed by atoms with Gasteiger partial charge in [0.25, 0.3) is 0 Å². The number of benzene rings is 1. The molecule has 0 spiro atoms. The van der Waals surface area contributed by atoms with E-state index in [1.165, 1.54) is 18.5 Å². The summed E-state index contributed by atoms with van der Waals surface area (Å²) in [5, 5.41) is 0. The van der Waals surface area contributed by atoms with Crippen molar-refractivity contribution in [1.29, 1.82) is 0 Å². The normalized spacial score (nSPS) is 31.3. The molecule has 4 heteroatoms. The van der Waals surface area contributed by atoms with Gasteiger partial charge in [-0.15, -0.1) is 0 Å². The lowest BCUT2D eigenvalue weighted by molar-refractivity contribution is 0.0767. The van der Waals surface area contributed by atoms with E-state index >= 15 is 0 Å². The minimum Gasteiger partial charge on any atom is -0.378 e. The Hall–Kier alpha value is -1.39. The van der Waals surface area contributed by atoms with Crippen molar-refractivity contribution in [2.24, 2.45) is 5.92 Å². The predicted octanol–water partition coefficient (Wildman–Crippen LogP) is 2.58. The average Bonchev–Trinajstić information content (AvgIpc) is 2.83. The maximum absolute atomic E-state index is 12.9. The van der Waals surface area contributed by atoms with E-state index in [0.717, 1.165) is 44.7 Å². The van der Waals surface area contributed by atoms with Crippen molar-refractivity contribution in [3.05, 3.63) is 29.8 Å². The number of hydrogen-bond acceptors (Lipinski definition) is 4. The molecule has 0 radical (unpaired) electrons. The average molecular weight is 314 g/mol. The van der Waals surface area contributed by atoms with Gasteiger partial charge in [0.1, 0.15) is 0 Å². The third-order valence-electron chi connectivity index (χ3n) is 6.00. The van der Waals surface area contributed by atoms with E-state index < -0.39 is 0 Å². The molecular formula is C19H26N2O2. The molecule has 1 aromatic carbocycles. The van der Waals surface area contributed by atoms with Gasteiger partial charge in [-0.05, 0) is 57.0 Å². The first-order valence-corrected chi connectivity index (χ1v) is 8.91. The zero-order valence-corrected chi connectivity index (χ0v) is 13.9. The zero-order chi connectivity index (χ0) is 15.8. The first-order valence-electron chi connectivity index (χ1n) is 8.91. The molecule has 124 valence electrons. The molecule has 2 bridgehead atoms. The summed E-state index contributed by atoms with van der Waals surface area (Å²) in [6.45, 7) is 3.45. The van der Waals surface area contributed by atoms with Crippen LogP contribution in [0.2, 0.25) is 0 Å². The lowest BCUT2D eigenvalue weighted by Crippen LogP contribution is -2.42. The van der Waals surface area contributed by atoms with E-state index in [-0.39, 0.29) is 5.92 Å². The van der Waals surface area contributed by atoms with Crippen molar-refractivity contribution in [2.75, 3.05) is 38.3 Å². The van der Waals surface area contributed by atoms with Gasteiger partial charge in [0.05, 0.1) is 13.2 Å². The highest BCUT2D eigenvalue weighted by Crippen LogP contribution is 2.38. The molecule has 4 rings (SSSR count). The number of Topliss-reactive ketones (excluding diaryl/α,β-unsaturated/α-hetero) is 1. The number of ether oxygens (including phenoxy) is 1. The highest BCUT2D eigenvalue weighted by molar-refractivity contribution is 5.98. The molecule has 0 saturated carbocycles. The van der Waals surface area contributed by atoms with Gasteiger partial charge in [0.15, 0.2) is 5.78 Å². The first-order chi connectivity index (χ1) is 11.2.